The maximum atomic E-state index is 12.5. The molecule has 3 rings (SSSR count). The topological polar surface area (TPSA) is 79.2 Å². The molecule has 0 aliphatic heterocycles. The number of benzene rings is 1. The molecular formula is C19H21N3O3. The Bertz CT molecular complexity index is 993. The molecule has 1 aromatic carbocycles. The van der Waals surface area contributed by atoms with E-state index in [1.165, 1.54) is 9.13 Å². The first-order chi connectivity index (χ1) is 11.8. The number of para-hydroxylation sites is 1. The SMILES string of the molecule is CC(C)(C)OC(=O)n1ccc2cccc(Cn3cccc(N)c3=O)c21. The number of anilines is 1. The van der Waals surface area contributed by atoms with Gasteiger partial charge in [0.15, 0.2) is 0 Å². The van der Waals surface area contributed by atoms with Crippen molar-refractivity contribution in [3.8, 4) is 0 Å². The lowest BCUT2D eigenvalue weighted by molar-refractivity contribution is 0.0544. The Hall–Kier alpha value is -3.02. The van der Waals surface area contributed by atoms with Crippen LogP contribution in [0.25, 0.3) is 10.9 Å². The highest BCUT2D eigenvalue weighted by atomic mass is 16.6. The van der Waals surface area contributed by atoms with Crippen LogP contribution in [0.3, 0.4) is 0 Å². The summed E-state index contributed by atoms with van der Waals surface area (Å²) in [5.74, 6) is 0. The van der Waals surface area contributed by atoms with Crippen molar-refractivity contribution in [3.63, 3.8) is 0 Å². The number of carbonyl (C=O) groups is 1. The van der Waals surface area contributed by atoms with Crippen molar-refractivity contribution in [2.45, 2.75) is 32.9 Å². The Balaban J connectivity index is 2.07. The highest BCUT2D eigenvalue weighted by molar-refractivity contribution is 5.91. The molecule has 0 unspecified atom stereocenters. The normalized spacial score (nSPS) is 11.6. The molecule has 0 atom stereocenters. The minimum absolute atomic E-state index is 0.192. The summed E-state index contributed by atoms with van der Waals surface area (Å²) in [5, 5.41) is 0.903. The van der Waals surface area contributed by atoms with Crippen LogP contribution in [0.1, 0.15) is 26.3 Å². The first-order valence-electron chi connectivity index (χ1n) is 8.03. The number of nitrogens with two attached hydrogens (primary N) is 1. The van der Waals surface area contributed by atoms with Crippen molar-refractivity contribution in [3.05, 3.63) is 64.7 Å². The van der Waals surface area contributed by atoms with Crippen molar-refractivity contribution in [2.24, 2.45) is 0 Å². The quantitative estimate of drug-likeness (QED) is 0.777. The van der Waals surface area contributed by atoms with Gasteiger partial charge in [-0.15, -0.1) is 0 Å². The van der Waals surface area contributed by atoms with Gasteiger partial charge < -0.3 is 15.0 Å². The largest absolute Gasteiger partial charge is 0.443 e. The third-order valence-corrected chi connectivity index (χ3v) is 3.78. The second kappa shape index (κ2) is 6.12. The molecule has 0 saturated carbocycles. The molecule has 6 nitrogen and oxygen atoms in total. The lowest BCUT2D eigenvalue weighted by Gasteiger charge is -2.20. The van der Waals surface area contributed by atoms with Gasteiger partial charge in [-0.3, -0.25) is 9.36 Å². The predicted octanol–water partition coefficient (Wildman–Crippen LogP) is 3.22. The van der Waals surface area contributed by atoms with Crippen molar-refractivity contribution in [1.82, 2.24) is 9.13 Å². The summed E-state index contributed by atoms with van der Waals surface area (Å²) in [7, 11) is 0. The van der Waals surface area contributed by atoms with Crippen molar-refractivity contribution in [1.29, 1.82) is 0 Å². The van der Waals surface area contributed by atoms with E-state index in [-0.39, 0.29) is 11.2 Å². The van der Waals surface area contributed by atoms with Crippen molar-refractivity contribution in [2.75, 3.05) is 5.73 Å². The molecule has 3 aromatic rings. The number of carbonyl (C=O) groups excluding carboxylic acids is 1. The Morgan fingerprint density at radius 3 is 2.60 bits per heavy atom. The first-order valence-corrected chi connectivity index (χ1v) is 8.03. The van der Waals surface area contributed by atoms with Gasteiger partial charge in [0.2, 0.25) is 0 Å². The van der Waals surface area contributed by atoms with E-state index in [4.69, 9.17) is 10.5 Å². The van der Waals surface area contributed by atoms with E-state index < -0.39 is 11.7 Å². The van der Waals surface area contributed by atoms with Crippen LogP contribution in [-0.4, -0.2) is 20.8 Å². The summed E-state index contributed by atoms with van der Waals surface area (Å²) < 4.78 is 8.48. The van der Waals surface area contributed by atoms with E-state index in [2.05, 4.69) is 0 Å². The fraction of sp³-hybridized carbons (Fsp3) is 0.263. The van der Waals surface area contributed by atoms with E-state index in [1.807, 2.05) is 45.0 Å². The zero-order valence-corrected chi connectivity index (χ0v) is 14.5. The molecule has 0 spiro atoms. The standard InChI is InChI=1S/C19H21N3O3/c1-19(2,3)25-18(24)22-11-9-13-6-4-7-14(16(13)22)12-21-10-5-8-15(20)17(21)23/h4-11H,12,20H2,1-3H3. The maximum absolute atomic E-state index is 12.5. The summed E-state index contributed by atoms with van der Waals surface area (Å²) >= 11 is 0. The number of nitrogens with zero attached hydrogens (tertiary/aromatic N) is 2. The van der Waals surface area contributed by atoms with E-state index in [1.54, 1.807) is 24.5 Å². The number of rotatable bonds is 2. The molecule has 0 amide bonds. The van der Waals surface area contributed by atoms with Crippen LogP contribution in [0.4, 0.5) is 10.5 Å². The van der Waals surface area contributed by atoms with Gasteiger partial charge in [-0.1, -0.05) is 18.2 Å². The average molecular weight is 339 g/mol. The summed E-state index contributed by atoms with van der Waals surface area (Å²) in [6, 6.07) is 10.9. The molecule has 0 aliphatic rings. The minimum atomic E-state index is -0.590. The van der Waals surface area contributed by atoms with Crippen LogP contribution >= 0.6 is 0 Å². The highest BCUT2D eigenvalue weighted by Gasteiger charge is 2.20. The molecule has 0 saturated heterocycles. The average Bonchev–Trinajstić information content (AvgIpc) is 2.95. The van der Waals surface area contributed by atoms with Crippen molar-refractivity contribution < 1.29 is 9.53 Å². The van der Waals surface area contributed by atoms with E-state index in [9.17, 15) is 9.59 Å². The van der Waals surface area contributed by atoms with Crippen LogP contribution in [0.2, 0.25) is 0 Å². The summed E-state index contributed by atoms with van der Waals surface area (Å²) in [6.45, 7) is 5.78. The third kappa shape index (κ3) is 3.42. The van der Waals surface area contributed by atoms with E-state index in [0.717, 1.165) is 16.5 Å². The molecule has 25 heavy (non-hydrogen) atoms. The number of hydrogen-bond donors (Lipinski definition) is 1. The van der Waals surface area contributed by atoms with Gasteiger partial charge in [0, 0.05) is 17.8 Å². The lowest BCUT2D eigenvalue weighted by Crippen LogP contribution is -2.27. The molecule has 130 valence electrons. The molecule has 0 aliphatic carbocycles. The van der Waals surface area contributed by atoms with Crippen LogP contribution in [-0.2, 0) is 11.3 Å². The number of ether oxygens (including phenoxy) is 1. The lowest BCUT2D eigenvalue weighted by atomic mass is 10.1. The van der Waals surface area contributed by atoms with Gasteiger partial charge in [0.25, 0.3) is 5.56 Å². The van der Waals surface area contributed by atoms with E-state index >= 15 is 0 Å². The van der Waals surface area contributed by atoms with Gasteiger partial charge in [-0.05, 0) is 44.5 Å². The summed E-state index contributed by atoms with van der Waals surface area (Å²) in [6.07, 6.45) is 2.91. The number of aromatic nitrogens is 2. The fourth-order valence-corrected chi connectivity index (χ4v) is 2.72. The van der Waals surface area contributed by atoms with Gasteiger partial charge in [-0.2, -0.15) is 0 Å². The monoisotopic (exact) mass is 339 g/mol. The van der Waals surface area contributed by atoms with E-state index in [0.29, 0.717) is 6.54 Å². The Morgan fingerprint density at radius 1 is 1.12 bits per heavy atom. The first kappa shape index (κ1) is 16.8. The number of hydrogen-bond acceptors (Lipinski definition) is 4. The summed E-state index contributed by atoms with van der Waals surface area (Å²) in [4.78, 5) is 24.7. The van der Waals surface area contributed by atoms with Crippen LogP contribution in [0.5, 0.6) is 0 Å². The molecule has 0 bridgehead atoms. The summed E-state index contributed by atoms with van der Waals surface area (Å²) in [5.41, 5.74) is 6.61. The highest BCUT2D eigenvalue weighted by Crippen LogP contribution is 2.22. The molecule has 0 radical (unpaired) electrons. The third-order valence-electron chi connectivity index (χ3n) is 3.78. The Kier molecular flexibility index (Phi) is 4.12. The van der Waals surface area contributed by atoms with Gasteiger partial charge >= 0.3 is 6.09 Å². The smallest absolute Gasteiger partial charge is 0.419 e. The molecule has 0 fully saturated rings. The van der Waals surface area contributed by atoms with Crippen LogP contribution < -0.4 is 11.3 Å². The zero-order valence-electron chi connectivity index (χ0n) is 14.5. The van der Waals surface area contributed by atoms with Gasteiger partial charge in [0.05, 0.1) is 17.7 Å². The van der Waals surface area contributed by atoms with Crippen LogP contribution in [0, 0.1) is 0 Å². The second-order valence-corrected chi connectivity index (χ2v) is 6.92. The molecule has 2 N–H and O–H groups in total. The number of pyridine rings is 1. The van der Waals surface area contributed by atoms with Gasteiger partial charge in [-0.25, -0.2) is 4.79 Å². The molecule has 2 heterocycles. The molecular weight excluding hydrogens is 318 g/mol. The molecule has 2 aromatic heterocycles. The van der Waals surface area contributed by atoms with Crippen molar-refractivity contribution >= 4 is 22.7 Å². The van der Waals surface area contributed by atoms with Gasteiger partial charge in [0.1, 0.15) is 5.60 Å². The Labute approximate surface area is 145 Å². The second-order valence-electron chi connectivity index (χ2n) is 6.92. The maximum Gasteiger partial charge on any atom is 0.419 e. The zero-order chi connectivity index (χ0) is 18.2. The number of nitrogen functional groups attached to an aromatic ring is 1. The Morgan fingerprint density at radius 2 is 1.88 bits per heavy atom. The predicted molar refractivity (Wildman–Crippen MR) is 97.8 cm³/mol. The fourth-order valence-electron chi connectivity index (χ4n) is 2.72. The van der Waals surface area contributed by atoms with Crippen LogP contribution in [0.15, 0.2) is 53.6 Å². The molecule has 6 heteroatoms. The number of fused-ring (bicyclic) bond motifs is 1. The minimum Gasteiger partial charge on any atom is -0.443 e.